The van der Waals surface area contributed by atoms with E-state index in [1.54, 1.807) is 38.5 Å². The second-order valence-electron chi connectivity index (χ2n) is 8.66. The van der Waals surface area contributed by atoms with Crippen LogP contribution in [0.3, 0.4) is 0 Å². The largest absolute Gasteiger partial charge is 0.493 e. The van der Waals surface area contributed by atoms with Crippen molar-refractivity contribution in [1.82, 2.24) is 5.01 Å². The first-order valence-electron chi connectivity index (χ1n) is 11.9. The van der Waals surface area contributed by atoms with Crippen LogP contribution in [0, 0.1) is 0 Å². The number of carbonyl (C=O) groups excluding carboxylic acids is 2. The molecule has 1 aliphatic rings. The van der Waals surface area contributed by atoms with E-state index in [1.165, 1.54) is 5.01 Å². The van der Waals surface area contributed by atoms with Crippen LogP contribution in [0.15, 0.2) is 90.0 Å². The fourth-order valence-electron chi connectivity index (χ4n) is 4.46. The SMILES string of the molecule is COc1ccc(C2CC(c3ccc4ccccc4c3)=NN2C(=O)COc2ccc(C=O)cc2)cc1OC. The van der Waals surface area contributed by atoms with E-state index in [-0.39, 0.29) is 18.6 Å². The topological polar surface area (TPSA) is 77.4 Å². The fourth-order valence-corrected chi connectivity index (χ4v) is 4.46. The summed E-state index contributed by atoms with van der Waals surface area (Å²) in [6.07, 6.45) is 1.30. The summed E-state index contributed by atoms with van der Waals surface area (Å²) < 4.78 is 16.6. The maximum Gasteiger partial charge on any atom is 0.281 e. The van der Waals surface area contributed by atoms with E-state index >= 15 is 0 Å². The van der Waals surface area contributed by atoms with Crippen LogP contribution in [0.2, 0.25) is 0 Å². The molecule has 4 aromatic rings. The summed E-state index contributed by atoms with van der Waals surface area (Å²) in [6.45, 7) is -0.196. The molecule has 0 N–H and O–H groups in total. The Hall–Kier alpha value is -4.65. The second kappa shape index (κ2) is 10.5. The number of carbonyl (C=O) groups is 2. The molecule has 4 aromatic carbocycles. The smallest absolute Gasteiger partial charge is 0.281 e. The van der Waals surface area contributed by atoms with Crippen molar-refractivity contribution in [3.8, 4) is 17.2 Å². The van der Waals surface area contributed by atoms with Crippen LogP contribution in [-0.2, 0) is 4.79 Å². The van der Waals surface area contributed by atoms with Crippen LogP contribution in [0.1, 0.15) is 33.9 Å². The first-order valence-corrected chi connectivity index (χ1v) is 11.9. The number of hydrogen-bond donors (Lipinski definition) is 0. The molecule has 0 radical (unpaired) electrons. The second-order valence-corrected chi connectivity index (χ2v) is 8.66. The van der Waals surface area contributed by atoms with Gasteiger partial charge in [0.25, 0.3) is 5.91 Å². The van der Waals surface area contributed by atoms with Gasteiger partial charge in [0.15, 0.2) is 18.1 Å². The lowest BCUT2D eigenvalue weighted by Gasteiger charge is -2.23. The van der Waals surface area contributed by atoms with Crippen molar-refractivity contribution in [2.75, 3.05) is 20.8 Å². The molecule has 0 bridgehead atoms. The van der Waals surface area contributed by atoms with E-state index in [0.717, 1.165) is 33.9 Å². The van der Waals surface area contributed by atoms with Gasteiger partial charge in [-0.15, -0.1) is 0 Å². The van der Waals surface area contributed by atoms with Crippen molar-refractivity contribution < 1.29 is 23.8 Å². The molecule has 1 atom stereocenters. The van der Waals surface area contributed by atoms with Crippen molar-refractivity contribution in [2.45, 2.75) is 12.5 Å². The Kier molecular flexibility index (Phi) is 6.85. The van der Waals surface area contributed by atoms with Gasteiger partial charge >= 0.3 is 0 Å². The van der Waals surface area contributed by atoms with E-state index in [1.807, 2.05) is 36.4 Å². The molecule has 0 aliphatic carbocycles. The minimum atomic E-state index is -0.338. The Balaban J connectivity index is 1.45. The van der Waals surface area contributed by atoms with Gasteiger partial charge in [-0.1, -0.05) is 42.5 Å². The minimum Gasteiger partial charge on any atom is -0.493 e. The highest BCUT2D eigenvalue weighted by atomic mass is 16.5. The van der Waals surface area contributed by atoms with Crippen molar-refractivity contribution in [3.63, 3.8) is 0 Å². The first kappa shape index (κ1) is 24.1. The molecular weight excluding hydrogens is 468 g/mol. The Morgan fingerprint density at radius 2 is 1.68 bits per heavy atom. The first-order chi connectivity index (χ1) is 18.1. The average molecular weight is 495 g/mol. The molecule has 1 heterocycles. The molecule has 0 saturated carbocycles. The highest BCUT2D eigenvalue weighted by molar-refractivity contribution is 6.05. The Labute approximate surface area is 214 Å². The Bertz CT molecular complexity index is 1480. The van der Waals surface area contributed by atoms with Gasteiger partial charge in [0, 0.05) is 12.0 Å². The summed E-state index contributed by atoms with van der Waals surface area (Å²) in [6, 6.07) is 26.2. The zero-order chi connectivity index (χ0) is 25.8. The number of aldehydes is 1. The number of amides is 1. The predicted octanol–water partition coefficient (Wildman–Crippen LogP) is 5.43. The summed E-state index contributed by atoms with van der Waals surface area (Å²) in [5.74, 6) is 1.41. The number of hydrazone groups is 1. The molecule has 186 valence electrons. The summed E-state index contributed by atoms with van der Waals surface area (Å²) in [7, 11) is 3.17. The maximum absolute atomic E-state index is 13.4. The predicted molar refractivity (Wildman–Crippen MR) is 142 cm³/mol. The third kappa shape index (κ3) is 5.02. The van der Waals surface area contributed by atoms with E-state index in [9.17, 15) is 9.59 Å². The van der Waals surface area contributed by atoms with Crippen molar-refractivity contribution in [3.05, 3.63) is 102 Å². The van der Waals surface area contributed by atoms with Gasteiger partial charge < -0.3 is 14.2 Å². The van der Waals surface area contributed by atoms with Crippen LogP contribution in [0.25, 0.3) is 10.8 Å². The van der Waals surface area contributed by atoms with Gasteiger partial charge in [-0.2, -0.15) is 5.10 Å². The molecule has 7 heteroatoms. The monoisotopic (exact) mass is 494 g/mol. The maximum atomic E-state index is 13.4. The number of hydrogen-bond acceptors (Lipinski definition) is 6. The number of rotatable bonds is 8. The normalized spacial score (nSPS) is 14.8. The Morgan fingerprint density at radius 1 is 0.919 bits per heavy atom. The summed E-state index contributed by atoms with van der Waals surface area (Å²) in [4.78, 5) is 24.3. The van der Waals surface area contributed by atoms with Crippen molar-refractivity contribution >= 4 is 28.7 Å². The van der Waals surface area contributed by atoms with Crippen LogP contribution >= 0.6 is 0 Å². The summed E-state index contributed by atoms with van der Waals surface area (Å²) >= 11 is 0. The van der Waals surface area contributed by atoms with Crippen LogP contribution in [0.5, 0.6) is 17.2 Å². The minimum absolute atomic E-state index is 0.196. The zero-order valence-electron chi connectivity index (χ0n) is 20.6. The molecular formula is C30H26N2O5. The number of nitrogens with zero attached hydrogens (tertiary/aromatic N) is 2. The van der Waals surface area contributed by atoms with E-state index < -0.39 is 0 Å². The molecule has 1 unspecified atom stereocenters. The summed E-state index contributed by atoms with van der Waals surface area (Å²) in [5.41, 5.74) is 3.19. The van der Waals surface area contributed by atoms with Crippen LogP contribution in [-0.4, -0.2) is 43.7 Å². The molecule has 37 heavy (non-hydrogen) atoms. The van der Waals surface area contributed by atoms with Gasteiger partial charge in [0.1, 0.15) is 12.0 Å². The number of fused-ring (bicyclic) bond motifs is 1. The zero-order valence-corrected chi connectivity index (χ0v) is 20.6. The highest BCUT2D eigenvalue weighted by Gasteiger charge is 2.34. The standard InChI is InChI=1S/C30H26N2O5/c1-35-28-14-11-24(16-29(28)36-2)27-17-26(23-10-9-21-5-3-4-6-22(21)15-23)31-32(27)30(34)19-37-25-12-7-20(18-33)8-13-25/h3-16,18,27H,17,19H2,1-2H3. The number of benzene rings is 4. The average Bonchev–Trinajstić information content (AvgIpc) is 3.41. The van der Waals surface area contributed by atoms with Gasteiger partial charge in [-0.25, -0.2) is 5.01 Å². The van der Waals surface area contributed by atoms with Crippen molar-refractivity contribution in [1.29, 1.82) is 0 Å². The summed E-state index contributed by atoms with van der Waals surface area (Å²) in [5, 5.41) is 8.50. The van der Waals surface area contributed by atoms with Crippen molar-refractivity contribution in [2.24, 2.45) is 5.10 Å². The van der Waals surface area contributed by atoms with Gasteiger partial charge in [-0.3, -0.25) is 9.59 Å². The molecule has 1 aliphatic heterocycles. The third-order valence-electron chi connectivity index (χ3n) is 6.42. The van der Waals surface area contributed by atoms with Gasteiger partial charge in [0.05, 0.1) is 26.0 Å². The van der Waals surface area contributed by atoms with Crippen LogP contribution < -0.4 is 14.2 Å². The Morgan fingerprint density at radius 3 is 2.41 bits per heavy atom. The van der Waals surface area contributed by atoms with E-state index in [2.05, 4.69) is 24.3 Å². The molecule has 0 aromatic heterocycles. The van der Waals surface area contributed by atoms with E-state index in [0.29, 0.717) is 29.2 Å². The molecule has 0 saturated heterocycles. The lowest BCUT2D eigenvalue weighted by molar-refractivity contribution is -0.135. The highest BCUT2D eigenvalue weighted by Crippen LogP contribution is 2.37. The lowest BCUT2D eigenvalue weighted by Crippen LogP contribution is -2.31. The molecule has 0 spiro atoms. The molecule has 0 fully saturated rings. The number of methoxy groups -OCH3 is 2. The lowest BCUT2D eigenvalue weighted by atomic mass is 9.96. The number of ether oxygens (including phenoxy) is 3. The van der Waals surface area contributed by atoms with Crippen LogP contribution in [0.4, 0.5) is 0 Å². The van der Waals surface area contributed by atoms with Gasteiger partial charge in [0.2, 0.25) is 0 Å². The fraction of sp³-hybridized carbons (Fsp3) is 0.167. The molecule has 7 nitrogen and oxygen atoms in total. The van der Waals surface area contributed by atoms with Gasteiger partial charge in [-0.05, 0) is 64.4 Å². The van der Waals surface area contributed by atoms with E-state index in [4.69, 9.17) is 19.3 Å². The molecule has 1 amide bonds. The quantitative estimate of drug-likeness (QED) is 0.306. The molecule has 5 rings (SSSR count). The third-order valence-corrected chi connectivity index (χ3v) is 6.42.